The predicted molar refractivity (Wildman–Crippen MR) is 201 cm³/mol. The lowest BCUT2D eigenvalue weighted by Crippen LogP contribution is -2.38. The first-order chi connectivity index (χ1) is 24.0. The van der Waals surface area contributed by atoms with E-state index in [2.05, 4.69) is 61.5 Å². The summed E-state index contributed by atoms with van der Waals surface area (Å²) in [5.74, 6) is 1.87. The van der Waals surface area contributed by atoms with E-state index in [0.717, 1.165) is 82.0 Å². The standard InChI is InChI=1S/C42H49BrN4O2/c43-40-12-10-35(11-13-40)29-41(48)47(27-20-34-16-23-45-24-17-34)31-36-6-2-7-37(28-36)38-8-3-9-39(30-38)42(49)46-25-18-33(19-26-46)5-1-4-32-14-21-44-22-15-32/h2-3,6-13,16-17,23-24,28,30,32-33,44H,1,4-5,14-15,18-22,25-27,29,31H2. The molecule has 1 N–H and O–H groups in total. The SMILES string of the molecule is O=C(Cc1ccc(Br)cc1)N(CCc1ccncc1)Cc1cccc(-c2cccc(C(=O)N3CCC(CCCC4CCNCC4)CC3)c2)c1. The molecule has 0 atom stereocenters. The average molecular weight is 722 g/mol. The molecule has 0 unspecified atom stereocenters. The molecule has 49 heavy (non-hydrogen) atoms. The molecule has 0 radical (unpaired) electrons. The van der Waals surface area contributed by atoms with Crippen molar-refractivity contribution in [1.82, 2.24) is 20.1 Å². The molecule has 7 heteroatoms. The fraction of sp³-hybridized carbons (Fsp3) is 0.405. The van der Waals surface area contributed by atoms with Crippen LogP contribution in [0, 0.1) is 11.8 Å². The van der Waals surface area contributed by atoms with E-state index in [1.165, 1.54) is 45.2 Å². The van der Waals surface area contributed by atoms with Crippen LogP contribution in [0.2, 0.25) is 0 Å². The van der Waals surface area contributed by atoms with Gasteiger partial charge in [-0.2, -0.15) is 0 Å². The summed E-state index contributed by atoms with van der Waals surface area (Å²) < 4.78 is 0.999. The number of amides is 2. The summed E-state index contributed by atoms with van der Waals surface area (Å²) in [4.78, 5) is 35.4. The number of benzene rings is 3. The number of pyridine rings is 1. The van der Waals surface area contributed by atoms with Gasteiger partial charge in [-0.1, -0.05) is 77.7 Å². The second-order valence-corrected chi connectivity index (χ2v) is 14.8. The van der Waals surface area contributed by atoms with Crippen LogP contribution in [0.1, 0.15) is 72.0 Å². The number of carbonyl (C=O) groups excluding carboxylic acids is 2. The molecule has 0 bridgehead atoms. The molecule has 2 saturated heterocycles. The van der Waals surface area contributed by atoms with Gasteiger partial charge in [0.2, 0.25) is 5.91 Å². The number of halogens is 1. The number of carbonyl (C=O) groups is 2. The lowest BCUT2D eigenvalue weighted by atomic mass is 9.87. The molecule has 0 aliphatic carbocycles. The molecule has 2 fully saturated rings. The average Bonchev–Trinajstić information content (AvgIpc) is 3.15. The number of rotatable bonds is 13. The number of likely N-dealkylation sites (tertiary alicyclic amines) is 1. The number of aromatic nitrogens is 1. The van der Waals surface area contributed by atoms with E-state index in [9.17, 15) is 9.59 Å². The van der Waals surface area contributed by atoms with Crippen LogP contribution in [0.15, 0.2) is 102 Å². The van der Waals surface area contributed by atoms with Gasteiger partial charge in [0.25, 0.3) is 5.91 Å². The van der Waals surface area contributed by atoms with E-state index in [1.54, 1.807) is 12.4 Å². The third-order valence-corrected chi connectivity index (χ3v) is 10.9. The van der Waals surface area contributed by atoms with Crippen molar-refractivity contribution in [2.45, 2.75) is 64.3 Å². The maximum absolute atomic E-state index is 13.6. The highest BCUT2D eigenvalue weighted by Crippen LogP contribution is 2.28. The summed E-state index contributed by atoms with van der Waals surface area (Å²) in [7, 11) is 0. The summed E-state index contributed by atoms with van der Waals surface area (Å²) in [5, 5.41) is 3.47. The predicted octanol–water partition coefficient (Wildman–Crippen LogP) is 8.35. The number of nitrogens with one attached hydrogen (secondary N) is 1. The molecule has 2 aliphatic rings. The van der Waals surface area contributed by atoms with Crippen molar-refractivity contribution in [2.75, 3.05) is 32.7 Å². The highest BCUT2D eigenvalue weighted by molar-refractivity contribution is 9.10. The van der Waals surface area contributed by atoms with Crippen molar-refractivity contribution in [3.05, 3.63) is 124 Å². The Morgan fingerprint density at radius 1 is 0.776 bits per heavy atom. The zero-order valence-electron chi connectivity index (χ0n) is 28.5. The van der Waals surface area contributed by atoms with Gasteiger partial charge in [0.15, 0.2) is 0 Å². The first-order valence-electron chi connectivity index (χ1n) is 18.1. The highest BCUT2D eigenvalue weighted by atomic mass is 79.9. The monoisotopic (exact) mass is 720 g/mol. The summed E-state index contributed by atoms with van der Waals surface area (Å²) in [5.41, 5.74) is 6.03. The molecule has 2 aliphatic heterocycles. The fourth-order valence-electron chi connectivity index (χ4n) is 7.37. The van der Waals surface area contributed by atoms with Crippen molar-refractivity contribution in [3.8, 4) is 11.1 Å². The molecule has 256 valence electrons. The summed E-state index contributed by atoms with van der Waals surface area (Å²) >= 11 is 3.49. The van der Waals surface area contributed by atoms with Crippen LogP contribution in [0.4, 0.5) is 0 Å². The lowest BCUT2D eigenvalue weighted by Gasteiger charge is -2.32. The molecule has 0 spiro atoms. The van der Waals surface area contributed by atoms with E-state index < -0.39 is 0 Å². The molecule has 6 nitrogen and oxygen atoms in total. The van der Waals surface area contributed by atoms with Gasteiger partial charge in [-0.05, 0) is 127 Å². The zero-order valence-corrected chi connectivity index (χ0v) is 30.1. The maximum Gasteiger partial charge on any atom is 0.253 e. The van der Waals surface area contributed by atoms with Gasteiger partial charge in [0.1, 0.15) is 0 Å². The van der Waals surface area contributed by atoms with Crippen molar-refractivity contribution < 1.29 is 9.59 Å². The third kappa shape index (κ3) is 10.3. The van der Waals surface area contributed by atoms with Crippen LogP contribution in [-0.2, 0) is 24.2 Å². The number of hydrogen-bond acceptors (Lipinski definition) is 4. The normalized spacial score (nSPS) is 15.7. The smallest absolute Gasteiger partial charge is 0.253 e. The first kappa shape index (κ1) is 35.0. The van der Waals surface area contributed by atoms with Crippen LogP contribution in [0.3, 0.4) is 0 Å². The van der Waals surface area contributed by atoms with Crippen molar-refractivity contribution in [3.63, 3.8) is 0 Å². The molecule has 1 aromatic heterocycles. The quantitative estimate of drug-likeness (QED) is 0.151. The highest BCUT2D eigenvalue weighted by Gasteiger charge is 2.24. The summed E-state index contributed by atoms with van der Waals surface area (Å²) in [6.07, 6.45) is 13.6. The first-order valence-corrected chi connectivity index (χ1v) is 18.9. The molecule has 6 rings (SSSR count). The summed E-state index contributed by atoms with van der Waals surface area (Å²) in [6, 6.07) is 28.4. The van der Waals surface area contributed by atoms with Gasteiger partial charge >= 0.3 is 0 Å². The zero-order chi connectivity index (χ0) is 33.8. The van der Waals surface area contributed by atoms with Gasteiger partial charge in [0, 0.05) is 48.6 Å². The van der Waals surface area contributed by atoms with E-state index in [4.69, 9.17) is 0 Å². The Balaban J connectivity index is 1.07. The van der Waals surface area contributed by atoms with Crippen LogP contribution >= 0.6 is 15.9 Å². The van der Waals surface area contributed by atoms with Gasteiger partial charge < -0.3 is 15.1 Å². The van der Waals surface area contributed by atoms with Crippen LogP contribution in [0.25, 0.3) is 11.1 Å². The Bertz CT molecular complexity index is 1650. The van der Waals surface area contributed by atoms with Crippen molar-refractivity contribution >= 4 is 27.7 Å². The molecule has 0 saturated carbocycles. The number of nitrogens with zero attached hydrogens (tertiary/aromatic N) is 3. The lowest BCUT2D eigenvalue weighted by molar-refractivity contribution is -0.131. The Morgan fingerprint density at radius 3 is 2.18 bits per heavy atom. The van der Waals surface area contributed by atoms with Gasteiger partial charge in [-0.15, -0.1) is 0 Å². The van der Waals surface area contributed by atoms with Crippen molar-refractivity contribution in [2.24, 2.45) is 11.8 Å². The fourth-order valence-corrected chi connectivity index (χ4v) is 7.63. The Kier molecular flexibility index (Phi) is 12.7. The third-order valence-electron chi connectivity index (χ3n) is 10.4. The Morgan fingerprint density at radius 2 is 1.45 bits per heavy atom. The second-order valence-electron chi connectivity index (χ2n) is 13.9. The molecule has 3 aromatic carbocycles. The minimum absolute atomic E-state index is 0.0971. The molecule has 4 aromatic rings. The largest absolute Gasteiger partial charge is 0.339 e. The van der Waals surface area contributed by atoms with Gasteiger partial charge in [0.05, 0.1) is 6.42 Å². The Hall–Kier alpha value is -3.81. The minimum Gasteiger partial charge on any atom is -0.339 e. The van der Waals surface area contributed by atoms with Crippen LogP contribution in [0.5, 0.6) is 0 Å². The summed E-state index contributed by atoms with van der Waals surface area (Å²) in [6.45, 7) is 5.18. The minimum atomic E-state index is 0.0971. The number of piperidine rings is 2. The second kappa shape index (κ2) is 17.7. The maximum atomic E-state index is 13.6. The van der Waals surface area contributed by atoms with Gasteiger partial charge in [-0.3, -0.25) is 14.6 Å². The van der Waals surface area contributed by atoms with Crippen LogP contribution < -0.4 is 5.32 Å². The molecule has 2 amide bonds. The number of hydrogen-bond donors (Lipinski definition) is 1. The van der Waals surface area contributed by atoms with Gasteiger partial charge in [-0.25, -0.2) is 0 Å². The van der Waals surface area contributed by atoms with E-state index >= 15 is 0 Å². The molecular weight excluding hydrogens is 672 g/mol. The van der Waals surface area contributed by atoms with Crippen molar-refractivity contribution in [1.29, 1.82) is 0 Å². The Labute approximate surface area is 300 Å². The van der Waals surface area contributed by atoms with E-state index in [1.807, 2.05) is 59.5 Å². The van der Waals surface area contributed by atoms with E-state index in [-0.39, 0.29) is 11.8 Å². The van der Waals surface area contributed by atoms with E-state index in [0.29, 0.717) is 19.5 Å². The molecular formula is C42H49BrN4O2. The van der Waals surface area contributed by atoms with Crippen LogP contribution in [-0.4, -0.2) is 59.3 Å². The molecule has 3 heterocycles. The topological polar surface area (TPSA) is 65.5 Å².